The van der Waals surface area contributed by atoms with Gasteiger partial charge in [0.05, 0.1) is 0 Å². The molecule has 1 aromatic heterocycles. The molecule has 0 fully saturated rings. The number of amides is 1. The van der Waals surface area contributed by atoms with E-state index < -0.39 is 5.97 Å². The summed E-state index contributed by atoms with van der Waals surface area (Å²) >= 11 is 0. The maximum Gasteiger partial charge on any atom is 0.323 e. The van der Waals surface area contributed by atoms with Crippen LogP contribution in [0.4, 0.5) is 0 Å². The monoisotopic (exact) mass is 208 g/mol. The van der Waals surface area contributed by atoms with Crippen LogP contribution in [0.15, 0.2) is 18.3 Å². The zero-order valence-corrected chi connectivity index (χ0v) is 8.60. The van der Waals surface area contributed by atoms with Crippen LogP contribution in [0.2, 0.25) is 0 Å². The molecule has 80 valence electrons. The zero-order chi connectivity index (χ0) is 11.4. The van der Waals surface area contributed by atoms with Crippen molar-refractivity contribution in [3.05, 3.63) is 29.6 Å². The molecule has 0 aromatic carbocycles. The van der Waals surface area contributed by atoms with Crippen molar-refractivity contribution >= 4 is 11.9 Å². The number of nitrogens with zero attached hydrogens (tertiary/aromatic N) is 2. The summed E-state index contributed by atoms with van der Waals surface area (Å²) in [7, 11) is 1.44. The highest BCUT2D eigenvalue weighted by Gasteiger charge is 2.16. The lowest BCUT2D eigenvalue weighted by Crippen LogP contribution is -2.32. The van der Waals surface area contributed by atoms with Crippen molar-refractivity contribution in [2.45, 2.75) is 6.92 Å². The fourth-order valence-electron chi connectivity index (χ4n) is 1.17. The lowest BCUT2D eigenvalue weighted by atomic mass is 10.2. The van der Waals surface area contributed by atoms with E-state index in [4.69, 9.17) is 5.11 Å². The molecule has 0 radical (unpaired) electrons. The molecule has 0 unspecified atom stereocenters. The maximum absolute atomic E-state index is 11.7. The lowest BCUT2D eigenvalue weighted by molar-refractivity contribution is -0.137. The Kier molecular flexibility index (Phi) is 3.38. The molecule has 1 amide bonds. The van der Waals surface area contributed by atoms with Crippen molar-refractivity contribution in [1.29, 1.82) is 0 Å². The Morgan fingerprint density at radius 3 is 2.73 bits per heavy atom. The van der Waals surface area contributed by atoms with Gasteiger partial charge >= 0.3 is 5.97 Å². The predicted molar refractivity (Wildman–Crippen MR) is 53.6 cm³/mol. The first-order chi connectivity index (χ1) is 7.02. The second kappa shape index (κ2) is 4.54. The Balaban J connectivity index is 2.85. The van der Waals surface area contributed by atoms with E-state index in [2.05, 4.69) is 4.98 Å². The summed E-state index contributed by atoms with van der Waals surface area (Å²) in [4.78, 5) is 27.2. The number of rotatable bonds is 3. The quantitative estimate of drug-likeness (QED) is 0.787. The molecule has 0 saturated carbocycles. The van der Waals surface area contributed by atoms with Crippen LogP contribution in [-0.2, 0) is 4.79 Å². The predicted octanol–water partition coefficient (Wildman–Crippen LogP) is 0.547. The molecule has 0 aliphatic carbocycles. The van der Waals surface area contributed by atoms with Crippen molar-refractivity contribution in [3.63, 3.8) is 0 Å². The molecule has 1 rings (SSSR count). The summed E-state index contributed by atoms with van der Waals surface area (Å²) in [5.74, 6) is -1.42. The molecule has 0 spiro atoms. The third-order valence-electron chi connectivity index (χ3n) is 1.93. The largest absolute Gasteiger partial charge is 0.480 e. The second-order valence-corrected chi connectivity index (χ2v) is 3.22. The number of hydrogen-bond acceptors (Lipinski definition) is 3. The van der Waals surface area contributed by atoms with Crippen molar-refractivity contribution < 1.29 is 14.7 Å². The molecule has 0 saturated heterocycles. The molecule has 0 aliphatic heterocycles. The van der Waals surface area contributed by atoms with Gasteiger partial charge in [-0.05, 0) is 18.6 Å². The minimum absolute atomic E-state index is 0.293. The third kappa shape index (κ3) is 2.77. The van der Waals surface area contributed by atoms with Crippen LogP contribution in [0.1, 0.15) is 16.1 Å². The molecule has 15 heavy (non-hydrogen) atoms. The first-order valence-electron chi connectivity index (χ1n) is 4.41. The molecule has 5 nitrogen and oxygen atoms in total. The number of carbonyl (C=O) groups is 2. The summed E-state index contributed by atoms with van der Waals surface area (Å²) in [5.41, 5.74) is 1.03. The van der Waals surface area contributed by atoms with Gasteiger partial charge in [-0.2, -0.15) is 0 Å². The minimum atomic E-state index is -1.04. The van der Waals surface area contributed by atoms with Gasteiger partial charge in [-0.1, -0.05) is 6.07 Å². The number of hydrogen-bond donors (Lipinski definition) is 1. The van der Waals surface area contributed by atoms with Gasteiger partial charge in [-0.3, -0.25) is 14.6 Å². The number of aryl methyl sites for hydroxylation is 1. The number of carboxylic acids is 1. The summed E-state index contributed by atoms with van der Waals surface area (Å²) in [5, 5.41) is 8.53. The maximum atomic E-state index is 11.7. The van der Waals surface area contributed by atoms with E-state index >= 15 is 0 Å². The van der Waals surface area contributed by atoms with Crippen LogP contribution < -0.4 is 0 Å². The van der Waals surface area contributed by atoms with Gasteiger partial charge in [0, 0.05) is 13.2 Å². The van der Waals surface area contributed by atoms with E-state index in [-0.39, 0.29) is 12.5 Å². The van der Waals surface area contributed by atoms with Crippen LogP contribution in [0.5, 0.6) is 0 Å². The highest BCUT2D eigenvalue weighted by Crippen LogP contribution is 2.05. The summed E-state index contributed by atoms with van der Waals surface area (Å²) in [6.45, 7) is 1.43. The summed E-state index contributed by atoms with van der Waals surface area (Å²) in [6.07, 6.45) is 1.51. The number of likely N-dealkylation sites (N-methyl/N-ethyl adjacent to an activating group) is 1. The first-order valence-corrected chi connectivity index (χ1v) is 4.41. The molecule has 1 aromatic rings. The molecule has 5 heteroatoms. The molecular formula is C10H12N2O3. The smallest absolute Gasteiger partial charge is 0.323 e. The average molecular weight is 208 g/mol. The van der Waals surface area contributed by atoms with Crippen LogP contribution in [0, 0.1) is 6.92 Å². The summed E-state index contributed by atoms with van der Waals surface area (Å²) < 4.78 is 0. The SMILES string of the molecule is Cc1cccnc1C(=O)N(C)CC(=O)O. The van der Waals surface area contributed by atoms with Crippen LogP contribution >= 0.6 is 0 Å². The number of carbonyl (C=O) groups excluding carboxylic acids is 1. The van der Waals surface area contributed by atoms with Crippen molar-refractivity contribution in [2.75, 3.05) is 13.6 Å². The van der Waals surface area contributed by atoms with E-state index in [0.29, 0.717) is 5.69 Å². The van der Waals surface area contributed by atoms with E-state index in [1.54, 1.807) is 19.1 Å². The Morgan fingerprint density at radius 2 is 2.20 bits per heavy atom. The molecular weight excluding hydrogens is 196 g/mol. The van der Waals surface area contributed by atoms with E-state index in [1.807, 2.05) is 0 Å². The van der Waals surface area contributed by atoms with Crippen LogP contribution in [0.25, 0.3) is 0 Å². The Labute approximate surface area is 87.4 Å². The zero-order valence-electron chi connectivity index (χ0n) is 8.60. The van der Waals surface area contributed by atoms with Gasteiger partial charge in [0.2, 0.25) is 0 Å². The average Bonchev–Trinajstić information content (AvgIpc) is 2.16. The lowest BCUT2D eigenvalue weighted by Gasteiger charge is -2.14. The number of aliphatic carboxylic acids is 1. The summed E-state index contributed by atoms with van der Waals surface area (Å²) in [6, 6.07) is 3.48. The van der Waals surface area contributed by atoms with Crippen LogP contribution in [0.3, 0.4) is 0 Å². The van der Waals surface area contributed by atoms with Gasteiger partial charge < -0.3 is 10.0 Å². The second-order valence-electron chi connectivity index (χ2n) is 3.22. The van der Waals surface area contributed by atoms with E-state index in [9.17, 15) is 9.59 Å². The molecule has 0 bridgehead atoms. The van der Waals surface area contributed by atoms with Gasteiger partial charge in [-0.25, -0.2) is 0 Å². The van der Waals surface area contributed by atoms with Gasteiger partial charge in [0.1, 0.15) is 12.2 Å². The van der Waals surface area contributed by atoms with E-state index in [1.165, 1.54) is 13.2 Å². The van der Waals surface area contributed by atoms with E-state index in [0.717, 1.165) is 10.5 Å². The number of carboxylic acid groups (broad SMARTS) is 1. The van der Waals surface area contributed by atoms with Crippen molar-refractivity contribution in [3.8, 4) is 0 Å². The Bertz CT molecular complexity index is 390. The van der Waals surface area contributed by atoms with Gasteiger partial charge in [0.15, 0.2) is 0 Å². The topological polar surface area (TPSA) is 70.5 Å². The Hall–Kier alpha value is -1.91. The normalized spacial score (nSPS) is 9.73. The molecule has 1 heterocycles. The number of aromatic nitrogens is 1. The molecule has 0 aliphatic rings. The molecule has 0 atom stereocenters. The van der Waals surface area contributed by atoms with Crippen LogP contribution in [-0.4, -0.2) is 40.5 Å². The molecule has 1 N–H and O–H groups in total. The fraction of sp³-hybridized carbons (Fsp3) is 0.300. The van der Waals surface area contributed by atoms with Crippen molar-refractivity contribution in [2.24, 2.45) is 0 Å². The highest BCUT2D eigenvalue weighted by atomic mass is 16.4. The first kappa shape index (κ1) is 11.2. The number of pyridine rings is 1. The Morgan fingerprint density at radius 1 is 1.53 bits per heavy atom. The highest BCUT2D eigenvalue weighted by molar-refractivity contribution is 5.95. The van der Waals surface area contributed by atoms with Crippen molar-refractivity contribution in [1.82, 2.24) is 9.88 Å². The van der Waals surface area contributed by atoms with Gasteiger partial charge in [0.25, 0.3) is 5.91 Å². The standard InChI is InChI=1S/C10H12N2O3/c1-7-4-3-5-11-9(7)10(15)12(2)6-8(13)14/h3-5H,6H2,1-2H3,(H,13,14). The van der Waals surface area contributed by atoms with Gasteiger partial charge in [-0.15, -0.1) is 0 Å². The minimum Gasteiger partial charge on any atom is -0.480 e. The third-order valence-corrected chi connectivity index (χ3v) is 1.93. The fourth-order valence-corrected chi connectivity index (χ4v) is 1.17.